The Bertz CT molecular complexity index is 186. The summed E-state index contributed by atoms with van der Waals surface area (Å²) in [5.41, 5.74) is 0.730. The quantitative estimate of drug-likeness (QED) is 0.558. The zero-order valence-electron chi connectivity index (χ0n) is 9.09. The van der Waals surface area contributed by atoms with Crippen molar-refractivity contribution in [2.75, 3.05) is 0 Å². The van der Waals surface area contributed by atoms with Gasteiger partial charge in [-0.3, -0.25) is 0 Å². The summed E-state index contributed by atoms with van der Waals surface area (Å²) in [7, 11) is 0. The van der Waals surface area contributed by atoms with Crippen LogP contribution in [0, 0.1) is 35.0 Å². The summed E-state index contributed by atoms with van der Waals surface area (Å²) in [5, 5.41) is 0. The Morgan fingerprint density at radius 2 is 1.83 bits per heavy atom. The molecule has 0 nitrogen and oxygen atoms in total. The molecule has 0 aromatic rings. The summed E-state index contributed by atoms with van der Waals surface area (Å²) in [4.78, 5) is 0. The van der Waals surface area contributed by atoms with E-state index < -0.39 is 0 Å². The Kier molecular flexibility index (Phi) is 1.63. The summed E-state index contributed by atoms with van der Waals surface area (Å²) in [6.07, 6.45) is 1.51. The van der Waals surface area contributed by atoms with Gasteiger partial charge in [-0.15, -0.1) is 0 Å². The normalized spacial score (nSPS) is 57.5. The molecule has 0 aromatic carbocycles. The van der Waals surface area contributed by atoms with E-state index in [1.807, 2.05) is 0 Å². The Morgan fingerprint density at radius 3 is 2.25 bits per heavy atom. The Balaban J connectivity index is 2.11. The molecule has 2 aliphatic carbocycles. The van der Waals surface area contributed by atoms with E-state index in [1.165, 1.54) is 6.42 Å². The van der Waals surface area contributed by atoms with Crippen molar-refractivity contribution in [1.82, 2.24) is 0 Å². The van der Waals surface area contributed by atoms with Crippen LogP contribution in [0.5, 0.6) is 0 Å². The molecule has 2 fully saturated rings. The first kappa shape index (κ1) is 8.59. The molecule has 0 heteroatoms. The highest BCUT2D eigenvalue weighted by molar-refractivity contribution is 5.13. The van der Waals surface area contributed by atoms with Crippen molar-refractivity contribution in [1.29, 1.82) is 0 Å². The van der Waals surface area contributed by atoms with Gasteiger partial charge in [0.1, 0.15) is 0 Å². The van der Waals surface area contributed by atoms with Crippen LogP contribution in [0.15, 0.2) is 0 Å². The largest absolute Gasteiger partial charge is 0.0625 e. The van der Waals surface area contributed by atoms with Gasteiger partial charge < -0.3 is 0 Å². The van der Waals surface area contributed by atoms with Crippen LogP contribution < -0.4 is 0 Å². The first-order chi connectivity index (χ1) is 5.49. The molecule has 2 aliphatic rings. The van der Waals surface area contributed by atoms with Crippen molar-refractivity contribution in [2.24, 2.45) is 35.0 Å². The van der Waals surface area contributed by atoms with Crippen molar-refractivity contribution in [2.45, 2.75) is 41.0 Å². The highest BCUT2D eigenvalue weighted by atomic mass is 14.7. The average Bonchev–Trinajstić information content (AvgIpc) is 1.99. The standard InChI is InChI=1S/C12H22/c1-7(2)10-6-11-8(3)9(4)12(10,11)5/h7-11H,6H2,1-5H3. The predicted octanol–water partition coefficient (Wildman–Crippen LogP) is 3.57. The fraction of sp³-hybridized carbons (Fsp3) is 1.00. The molecular formula is C12H22. The van der Waals surface area contributed by atoms with Gasteiger partial charge in [0.15, 0.2) is 0 Å². The van der Waals surface area contributed by atoms with E-state index in [2.05, 4.69) is 34.6 Å². The van der Waals surface area contributed by atoms with Gasteiger partial charge >= 0.3 is 0 Å². The molecule has 12 heavy (non-hydrogen) atoms. The van der Waals surface area contributed by atoms with E-state index in [1.54, 1.807) is 0 Å². The smallest absolute Gasteiger partial charge is 0.0236 e. The van der Waals surface area contributed by atoms with Gasteiger partial charge in [0.2, 0.25) is 0 Å². The van der Waals surface area contributed by atoms with Gasteiger partial charge in [-0.25, -0.2) is 0 Å². The van der Waals surface area contributed by atoms with Crippen LogP contribution in [0.25, 0.3) is 0 Å². The maximum atomic E-state index is 2.52. The molecule has 2 rings (SSSR count). The van der Waals surface area contributed by atoms with Crippen molar-refractivity contribution in [3.8, 4) is 0 Å². The second kappa shape index (κ2) is 2.27. The monoisotopic (exact) mass is 166 g/mol. The van der Waals surface area contributed by atoms with E-state index in [4.69, 9.17) is 0 Å². The second-order valence-electron chi connectivity index (χ2n) is 5.71. The lowest BCUT2D eigenvalue weighted by atomic mass is 9.33. The summed E-state index contributed by atoms with van der Waals surface area (Å²) in [5.74, 6) is 4.98. The Hall–Kier alpha value is 0. The number of rotatable bonds is 1. The lowest BCUT2D eigenvalue weighted by Gasteiger charge is -2.72. The Morgan fingerprint density at radius 1 is 1.25 bits per heavy atom. The van der Waals surface area contributed by atoms with E-state index in [0.29, 0.717) is 0 Å². The number of hydrogen-bond acceptors (Lipinski definition) is 0. The fourth-order valence-electron chi connectivity index (χ4n) is 4.14. The molecule has 0 amide bonds. The molecule has 0 N–H and O–H groups in total. The van der Waals surface area contributed by atoms with E-state index in [-0.39, 0.29) is 0 Å². The highest BCUT2D eigenvalue weighted by Crippen LogP contribution is 2.71. The van der Waals surface area contributed by atoms with Crippen LogP contribution in [0.4, 0.5) is 0 Å². The maximum absolute atomic E-state index is 2.52. The van der Waals surface area contributed by atoms with Crippen LogP contribution in [0.1, 0.15) is 41.0 Å². The highest BCUT2D eigenvalue weighted by Gasteiger charge is 2.65. The third-order valence-corrected chi connectivity index (χ3v) is 5.31. The van der Waals surface area contributed by atoms with E-state index in [9.17, 15) is 0 Å². The summed E-state index contributed by atoms with van der Waals surface area (Å²) < 4.78 is 0. The van der Waals surface area contributed by atoms with Crippen LogP contribution in [0.3, 0.4) is 0 Å². The number of fused-ring (bicyclic) bond motifs is 1. The molecule has 70 valence electrons. The third kappa shape index (κ3) is 0.701. The molecule has 0 spiro atoms. The average molecular weight is 166 g/mol. The maximum Gasteiger partial charge on any atom is -0.0236 e. The first-order valence-electron chi connectivity index (χ1n) is 5.49. The first-order valence-corrected chi connectivity index (χ1v) is 5.49. The van der Waals surface area contributed by atoms with Crippen molar-refractivity contribution in [3.63, 3.8) is 0 Å². The zero-order valence-corrected chi connectivity index (χ0v) is 9.09. The second-order valence-corrected chi connectivity index (χ2v) is 5.71. The van der Waals surface area contributed by atoms with Gasteiger partial charge in [-0.2, -0.15) is 0 Å². The van der Waals surface area contributed by atoms with Gasteiger partial charge in [-0.1, -0.05) is 34.6 Å². The van der Waals surface area contributed by atoms with Crippen LogP contribution in [-0.4, -0.2) is 0 Å². The number of hydrogen-bond donors (Lipinski definition) is 0. The van der Waals surface area contributed by atoms with Gasteiger partial charge in [0, 0.05) is 0 Å². The van der Waals surface area contributed by atoms with Gasteiger partial charge in [0.05, 0.1) is 0 Å². The summed E-state index contributed by atoms with van der Waals surface area (Å²) >= 11 is 0. The van der Waals surface area contributed by atoms with Crippen LogP contribution >= 0.6 is 0 Å². The van der Waals surface area contributed by atoms with Crippen LogP contribution in [0.2, 0.25) is 0 Å². The van der Waals surface area contributed by atoms with Crippen molar-refractivity contribution >= 4 is 0 Å². The molecule has 0 saturated heterocycles. The molecule has 2 saturated carbocycles. The third-order valence-electron chi connectivity index (χ3n) is 5.31. The van der Waals surface area contributed by atoms with Crippen molar-refractivity contribution in [3.05, 3.63) is 0 Å². The molecular weight excluding hydrogens is 144 g/mol. The lowest BCUT2D eigenvalue weighted by molar-refractivity contribution is -0.236. The minimum Gasteiger partial charge on any atom is -0.0625 e. The molecule has 0 heterocycles. The van der Waals surface area contributed by atoms with Gasteiger partial charge in [0.25, 0.3) is 0 Å². The molecule has 5 unspecified atom stereocenters. The molecule has 0 aliphatic heterocycles. The minimum absolute atomic E-state index is 0.730. The SMILES string of the molecule is CC(C)C1CC2C(C)C(C)C12C. The Labute approximate surface area is 76.7 Å². The molecule has 0 radical (unpaired) electrons. The fourth-order valence-corrected chi connectivity index (χ4v) is 4.14. The molecule has 0 bridgehead atoms. The van der Waals surface area contributed by atoms with Gasteiger partial charge in [-0.05, 0) is 41.4 Å². The topological polar surface area (TPSA) is 0 Å². The lowest BCUT2D eigenvalue weighted by Crippen LogP contribution is -2.66. The van der Waals surface area contributed by atoms with E-state index >= 15 is 0 Å². The zero-order chi connectivity index (χ0) is 9.09. The molecule has 0 aromatic heterocycles. The van der Waals surface area contributed by atoms with E-state index in [0.717, 1.165) is 35.0 Å². The van der Waals surface area contributed by atoms with Crippen LogP contribution in [-0.2, 0) is 0 Å². The summed E-state index contributed by atoms with van der Waals surface area (Å²) in [6, 6.07) is 0. The predicted molar refractivity (Wildman–Crippen MR) is 52.9 cm³/mol. The summed E-state index contributed by atoms with van der Waals surface area (Å²) in [6.45, 7) is 12.2. The van der Waals surface area contributed by atoms with Crippen molar-refractivity contribution < 1.29 is 0 Å². The molecule has 5 atom stereocenters. The minimum atomic E-state index is 0.730.